The third kappa shape index (κ3) is 6.49. The van der Waals surface area contributed by atoms with E-state index in [0.29, 0.717) is 5.69 Å². The predicted molar refractivity (Wildman–Crippen MR) is 131 cm³/mol. The molecule has 0 atom stereocenters. The van der Waals surface area contributed by atoms with Gasteiger partial charge in [-0.1, -0.05) is 29.8 Å². The van der Waals surface area contributed by atoms with Crippen LogP contribution in [0.3, 0.4) is 0 Å². The Kier molecular flexibility index (Phi) is 7.57. The van der Waals surface area contributed by atoms with E-state index in [1.807, 2.05) is 19.9 Å². The van der Waals surface area contributed by atoms with Crippen LogP contribution in [0.15, 0.2) is 66.4 Å². The molecule has 2 amide bonds. The van der Waals surface area contributed by atoms with Gasteiger partial charge in [0.2, 0.25) is 0 Å². The van der Waals surface area contributed by atoms with Gasteiger partial charge in [0.15, 0.2) is 0 Å². The van der Waals surface area contributed by atoms with Gasteiger partial charge in [0.1, 0.15) is 5.70 Å². The van der Waals surface area contributed by atoms with E-state index in [4.69, 9.17) is 11.6 Å². The lowest BCUT2D eigenvalue weighted by Gasteiger charge is -2.13. The number of non-ortho nitro benzene ring substituents is 2. The molecule has 3 aromatic rings. The van der Waals surface area contributed by atoms with E-state index in [9.17, 15) is 29.8 Å². The van der Waals surface area contributed by atoms with E-state index in [0.717, 1.165) is 23.3 Å². The van der Waals surface area contributed by atoms with Gasteiger partial charge in [-0.05, 0) is 54.8 Å². The van der Waals surface area contributed by atoms with Crippen molar-refractivity contribution in [1.29, 1.82) is 0 Å². The Balaban J connectivity index is 2.00. The molecule has 0 saturated heterocycles. The maximum atomic E-state index is 13.1. The predicted octanol–water partition coefficient (Wildman–Crippen LogP) is 5.18. The number of nitro groups is 2. The van der Waals surface area contributed by atoms with Crippen molar-refractivity contribution in [3.05, 3.63) is 114 Å². The molecule has 10 nitrogen and oxygen atoms in total. The third-order valence-corrected chi connectivity index (χ3v) is 5.10. The molecule has 0 aliphatic carbocycles. The van der Waals surface area contributed by atoms with Gasteiger partial charge < -0.3 is 10.6 Å². The lowest BCUT2D eigenvalue weighted by molar-refractivity contribution is -0.385. The smallest absolute Gasteiger partial charge is 0.272 e. The van der Waals surface area contributed by atoms with Gasteiger partial charge >= 0.3 is 0 Å². The normalized spacial score (nSPS) is 11.0. The maximum absolute atomic E-state index is 13.1. The van der Waals surface area contributed by atoms with Gasteiger partial charge in [-0.2, -0.15) is 0 Å². The minimum absolute atomic E-state index is 0.0579. The summed E-state index contributed by atoms with van der Waals surface area (Å²) in [6.07, 6.45) is 1.26. The topological polar surface area (TPSA) is 144 Å². The highest BCUT2D eigenvalue weighted by Gasteiger charge is 2.20. The van der Waals surface area contributed by atoms with Crippen molar-refractivity contribution in [2.45, 2.75) is 13.8 Å². The van der Waals surface area contributed by atoms with Crippen LogP contribution in [0.4, 0.5) is 17.1 Å². The minimum atomic E-state index is -0.869. The van der Waals surface area contributed by atoms with Crippen LogP contribution in [-0.2, 0) is 4.79 Å². The summed E-state index contributed by atoms with van der Waals surface area (Å²) < 4.78 is 0. The Morgan fingerprint density at radius 1 is 0.886 bits per heavy atom. The molecule has 0 unspecified atom stereocenters. The number of hydrogen-bond acceptors (Lipinski definition) is 6. The van der Waals surface area contributed by atoms with Gasteiger partial charge in [0.05, 0.1) is 20.4 Å². The number of nitrogens with zero attached hydrogens (tertiary/aromatic N) is 2. The molecule has 0 aliphatic rings. The van der Waals surface area contributed by atoms with Crippen molar-refractivity contribution in [3.8, 4) is 0 Å². The van der Waals surface area contributed by atoms with Crippen LogP contribution < -0.4 is 10.6 Å². The second kappa shape index (κ2) is 10.6. The van der Waals surface area contributed by atoms with E-state index >= 15 is 0 Å². The molecule has 11 heteroatoms. The molecular weight excluding hydrogens is 476 g/mol. The standard InChI is InChI=1S/C24H19ClN4O6/c1-14-8-15(2)10-17(9-14)26-24(31)22(12-16-4-3-5-18(11-16)28(32)33)27-23(30)20-13-19(29(34)35)6-7-21(20)25/h3-13H,1-2H3,(H,26,31)(H,27,30)/b22-12-. The van der Waals surface area contributed by atoms with Crippen molar-refractivity contribution in [3.63, 3.8) is 0 Å². The first-order valence-corrected chi connectivity index (χ1v) is 10.5. The number of carbonyl (C=O) groups excluding carboxylic acids is 2. The number of benzene rings is 3. The maximum Gasteiger partial charge on any atom is 0.272 e. The molecule has 0 radical (unpaired) electrons. The van der Waals surface area contributed by atoms with Crippen LogP contribution in [0.25, 0.3) is 6.08 Å². The van der Waals surface area contributed by atoms with Gasteiger partial charge in [-0.25, -0.2) is 0 Å². The highest BCUT2D eigenvalue weighted by Crippen LogP contribution is 2.23. The fraction of sp³-hybridized carbons (Fsp3) is 0.0833. The molecule has 3 aromatic carbocycles. The van der Waals surface area contributed by atoms with Crippen molar-refractivity contribution in [1.82, 2.24) is 5.32 Å². The summed E-state index contributed by atoms with van der Waals surface area (Å²) in [6.45, 7) is 3.71. The molecule has 0 aliphatic heterocycles. The van der Waals surface area contributed by atoms with Gasteiger partial charge in [0, 0.05) is 30.0 Å². The second-order valence-electron chi connectivity index (χ2n) is 7.62. The first-order chi connectivity index (χ1) is 16.5. The molecule has 0 heterocycles. The van der Waals surface area contributed by atoms with E-state index in [-0.39, 0.29) is 33.2 Å². The highest BCUT2D eigenvalue weighted by atomic mass is 35.5. The summed E-state index contributed by atoms with van der Waals surface area (Å²) in [7, 11) is 0. The van der Waals surface area contributed by atoms with Crippen molar-refractivity contribution >= 4 is 46.6 Å². The van der Waals surface area contributed by atoms with E-state index in [1.165, 1.54) is 36.4 Å². The Hall–Kier alpha value is -4.57. The SMILES string of the molecule is Cc1cc(C)cc(NC(=O)/C(=C/c2cccc([N+](=O)[O-])c2)NC(=O)c2cc([N+](=O)[O-])ccc2Cl)c1. The number of halogens is 1. The molecule has 35 heavy (non-hydrogen) atoms. The average Bonchev–Trinajstić information content (AvgIpc) is 2.78. The van der Waals surface area contributed by atoms with E-state index < -0.39 is 21.7 Å². The van der Waals surface area contributed by atoms with Crippen molar-refractivity contribution in [2.24, 2.45) is 0 Å². The lowest BCUT2D eigenvalue weighted by atomic mass is 10.1. The van der Waals surface area contributed by atoms with Crippen molar-refractivity contribution < 1.29 is 19.4 Å². The summed E-state index contributed by atoms with van der Waals surface area (Å²) in [5.41, 5.74) is 1.51. The number of carbonyl (C=O) groups is 2. The number of aryl methyl sites for hydroxylation is 2. The number of rotatable bonds is 7. The Bertz CT molecular complexity index is 1370. The van der Waals surface area contributed by atoms with Crippen LogP contribution in [0.5, 0.6) is 0 Å². The Morgan fingerprint density at radius 2 is 1.51 bits per heavy atom. The molecule has 0 aromatic heterocycles. The minimum Gasteiger partial charge on any atom is -0.321 e. The molecule has 0 fully saturated rings. The molecule has 2 N–H and O–H groups in total. The summed E-state index contributed by atoms with van der Waals surface area (Å²) in [6, 6.07) is 14.2. The monoisotopic (exact) mass is 494 g/mol. The summed E-state index contributed by atoms with van der Waals surface area (Å²) in [5.74, 6) is -1.58. The first-order valence-electron chi connectivity index (χ1n) is 10.1. The zero-order valence-corrected chi connectivity index (χ0v) is 19.3. The summed E-state index contributed by atoms with van der Waals surface area (Å²) >= 11 is 6.06. The molecule has 3 rings (SSSR count). The molecule has 0 spiro atoms. The fourth-order valence-electron chi connectivity index (χ4n) is 3.29. The number of anilines is 1. The zero-order chi connectivity index (χ0) is 25.7. The zero-order valence-electron chi connectivity index (χ0n) is 18.6. The molecule has 178 valence electrons. The van der Waals surface area contributed by atoms with Gasteiger partial charge in [0.25, 0.3) is 23.2 Å². The Labute approximate surface area is 204 Å². The van der Waals surface area contributed by atoms with Crippen LogP contribution >= 0.6 is 11.6 Å². The number of hydrogen-bond donors (Lipinski definition) is 2. The number of nitrogens with one attached hydrogen (secondary N) is 2. The van der Waals surface area contributed by atoms with Crippen LogP contribution in [0.1, 0.15) is 27.0 Å². The number of nitro benzene ring substituents is 2. The molecule has 0 saturated carbocycles. The van der Waals surface area contributed by atoms with Crippen LogP contribution in [-0.4, -0.2) is 21.7 Å². The largest absolute Gasteiger partial charge is 0.321 e. The van der Waals surface area contributed by atoms with E-state index in [2.05, 4.69) is 10.6 Å². The third-order valence-electron chi connectivity index (χ3n) is 4.77. The summed E-state index contributed by atoms with van der Waals surface area (Å²) in [5, 5.41) is 27.3. The quantitative estimate of drug-likeness (QED) is 0.263. The van der Waals surface area contributed by atoms with Gasteiger partial charge in [-0.3, -0.25) is 29.8 Å². The van der Waals surface area contributed by atoms with Crippen LogP contribution in [0.2, 0.25) is 5.02 Å². The Morgan fingerprint density at radius 3 is 2.14 bits per heavy atom. The van der Waals surface area contributed by atoms with E-state index in [1.54, 1.807) is 12.1 Å². The lowest BCUT2D eigenvalue weighted by Crippen LogP contribution is -2.31. The molecule has 0 bridgehead atoms. The number of amides is 2. The molecular formula is C24H19ClN4O6. The van der Waals surface area contributed by atoms with Gasteiger partial charge in [-0.15, -0.1) is 0 Å². The second-order valence-corrected chi connectivity index (χ2v) is 8.02. The summed E-state index contributed by atoms with van der Waals surface area (Å²) in [4.78, 5) is 47.0. The first kappa shape index (κ1) is 25.1. The van der Waals surface area contributed by atoms with Crippen molar-refractivity contribution in [2.75, 3.05) is 5.32 Å². The average molecular weight is 495 g/mol. The van der Waals surface area contributed by atoms with Crippen LogP contribution in [0, 0.1) is 34.1 Å². The fourth-order valence-corrected chi connectivity index (χ4v) is 3.49. The highest BCUT2D eigenvalue weighted by molar-refractivity contribution is 6.34.